The molecule has 0 spiro atoms. The van der Waals surface area contributed by atoms with Gasteiger partial charge in [-0.3, -0.25) is 4.79 Å². The first-order chi connectivity index (χ1) is 10.1. The Labute approximate surface area is 130 Å². The molecule has 1 amide bonds. The SMILES string of the molecule is CCc1cc(C(=O)N(CC)Cc2ccccc2)cc(Cl)n1. The summed E-state index contributed by atoms with van der Waals surface area (Å²) in [5.41, 5.74) is 2.55. The van der Waals surface area contributed by atoms with Crippen LogP contribution in [0.3, 0.4) is 0 Å². The lowest BCUT2D eigenvalue weighted by Crippen LogP contribution is -2.30. The fourth-order valence-corrected chi connectivity index (χ4v) is 2.40. The molecule has 0 fully saturated rings. The van der Waals surface area contributed by atoms with Gasteiger partial charge in [-0.25, -0.2) is 4.98 Å². The molecule has 0 aliphatic carbocycles. The van der Waals surface area contributed by atoms with Crippen molar-refractivity contribution in [2.75, 3.05) is 6.54 Å². The van der Waals surface area contributed by atoms with Gasteiger partial charge in [0.1, 0.15) is 5.15 Å². The average molecular weight is 303 g/mol. The third-order valence-electron chi connectivity index (χ3n) is 3.34. The number of pyridine rings is 1. The van der Waals surface area contributed by atoms with Crippen LogP contribution in [0.5, 0.6) is 0 Å². The highest BCUT2D eigenvalue weighted by Crippen LogP contribution is 2.15. The first kappa shape index (κ1) is 15.5. The second kappa shape index (κ2) is 7.23. The molecule has 110 valence electrons. The third kappa shape index (κ3) is 4.05. The van der Waals surface area contributed by atoms with Crippen molar-refractivity contribution in [2.24, 2.45) is 0 Å². The van der Waals surface area contributed by atoms with E-state index in [4.69, 9.17) is 11.6 Å². The maximum atomic E-state index is 12.6. The molecular weight excluding hydrogens is 284 g/mol. The standard InChI is InChI=1S/C17H19ClN2O/c1-3-15-10-14(11-16(18)19-15)17(21)20(4-2)12-13-8-6-5-7-9-13/h5-11H,3-4,12H2,1-2H3. The van der Waals surface area contributed by atoms with Crippen molar-refractivity contribution in [1.29, 1.82) is 0 Å². The summed E-state index contributed by atoms with van der Waals surface area (Å²) in [7, 11) is 0. The van der Waals surface area contributed by atoms with Crippen LogP contribution >= 0.6 is 11.6 Å². The van der Waals surface area contributed by atoms with Gasteiger partial charge in [-0.15, -0.1) is 0 Å². The quantitative estimate of drug-likeness (QED) is 0.783. The maximum Gasteiger partial charge on any atom is 0.254 e. The van der Waals surface area contributed by atoms with E-state index in [0.717, 1.165) is 17.7 Å². The van der Waals surface area contributed by atoms with Crippen molar-refractivity contribution in [3.05, 3.63) is 64.4 Å². The Hall–Kier alpha value is -1.87. The van der Waals surface area contributed by atoms with E-state index < -0.39 is 0 Å². The van der Waals surface area contributed by atoms with Gasteiger partial charge in [-0.2, -0.15) is 0 Å². The van der Waals surface area contributed by atoms with E-state index in [2.05, 4.69) is 4.98 Å². The molecule has 0 aliphatic heterocycles. The minimum Gasteiger partial charge on any atom is -0.335 e. The molecule has 0 bridgehead atoms. The number of hydrogen-bond acceptors (Lipinski definition) is 2. The number of amides is 1. The average Bonchev–Trinajstić information content (AvgIpc) is 2.52. The zero-order valence-corrected chi connectivity index (χ0v) is 13.1. The van der Waals surface area contributed by atoms with E-state index in [1.165, 1.54) is 0 Å². The predicted octanol–water partition coefficient (Wildman–Crippen LogP) is 3.96. The van der Waals surface area contributed by atoms with Crippen LogP contribution in [-0.4, -0.2) is 22.3 Å². The fraction of sp³-hybridized carbons (Fsp3) is 0.294. The van der Waals surface area contributed by atoms with Crippen molar-refractivity contribution in [3.8, 4) is 0 Å². The number of aryl methyl sites for hydroxylation is 1. The molecule has 0 unspecified atom stereocenters. The van der Waals surface area contributed by atoms with Gasteiger partial charge in [0, 0.05) is 24.3 Å². The Morgan fingerprint density at radius 1 is 1.19 bits per heavy atom. The molecule has 0 N–H and O–H groups in total. The van der Waals surface area contributed by atoms with Crippen LogP contribution in [0.25, 0.3) is 0 Å². The Morgan fingerprint density at radius 3 is 2.52 bits per heavy atom. The van der Waals surface area contributed by atoms with Gasteiger partial charge < -0.3 is 4.90 Å². The van der Waals surface area contributed by atoms with Crippen LogP contribution in [0.2, 0.25) is 5.15 Å². The summed E-state index contributed by atoms with van der Waals surface area (Å²) in [6.45, 7) is 5.21. The van der Waals surface area contributed by atoms with E-state index in [9.17, 15) is 4.79 Å². The number of benzene rings is 1. The van der Waals surface area contributed by atoms with Crippen molar-refractivity contribution in [1.82, 2.24) is 9.88 Å². The molecule has 0 aliphatic rings. The van der Waals surface area contributed by atoms with E-state index in [1.54, 1.807) is 11.0 Å². The van der Waals surface area contributed by atoms with Gasteiger partial charge in [-0.1, -0.05) is 48.9 Å². The highest BCUT2D eigenvalue weighted by molar-refractivity contribution is 6.29. The van der Waals surface area contributed by atoms with Crippen molar-refractivity contribution >= 4 is 17.5 Å². The van der Waals surface area contributed by atoms with Crippen molar-refractivity contribution in [2.45, 2.75) is 26.8 Å². The Balaban J connectivity index is 2.22. The zero-order valence-electron chi connectivity index (χ0n) is 12.3. The van der Waals surface area contributed by atoms with E-state index >= 15 is 0 Å². The molecule has 1 heterocycles. The summed E-state index contributed by atoms with van der Waals surface area (Å²) >= 11 is 6.00. The lowest BCUT2D eigenvalue weighted by atomic mass is 10.1. The van der Waals surface area contributed by atoms with Crippen LogP contribution < -0.4 is 0 Å². The summed E-state index contributed by atoms with van der Waals surface area (Å²) in [4.78, 5) is 18.6. The van der Waals surface area contributed by atoms with Gasteiger partial charge >= 0.3 is 0 Å². The number of carbonyl (C=O) groups excluding carboxylic acids is 1. The third-order valence-corrected chi connectivity index (χ3v) is 3.54. The smallest absolute Gasteiger partial charge is 0.254 e. The molecule has 0 saturated carbocycles. The van der Waals surface area contributed by atoms with Crippen LogP contribution in [0.15, 0.2) is 42.5 Å². The van der Waals surface area contributed by atoms with Gasteiger partial charge in [0.15, 0.2) is 0 Å². The molecule has 1 aromatic carbocycles. The van der Waals surface area contributed by atoms with Crippen LogP contribution in [0.1, 0.15) is 35.5 Å². The number of rotatable bonds is 5. The van der Waals surface area contributed by atoms with Gasteiger partial charge in [-0.05, 0) is 31.0 Å². The number of halogens is 1. The topological polar surface area (TPSA) is 33.2 Å². The van der Waals surface area contributed by atoms with Gasteiger partial charge in [0.25, 0.3) is 5.91 Å². The van der Waals surface area contributed by atoms with Crippen molar-refractivity contribution < 1.29 is 4.79 Å². The summed E-state index contributed by atoms with van der Waals surface area (Å²) < 4.78 is 0. The highest BCUT2D eigenvalue weighted by atomic mass is 35.5. The van der Waals surface area contributed by atoms with E-state index in [1.807, 2.05) is 50.2 Å². The molecule has 0 radical (unpaired) electrons. The molecular formula is C17H19ClN2O. The number of carbonyl (C=O) groups is 1. The fourth-order valence-electron chi connectivity index (χ4n) is 2.17. The molecule has 1 aromatic heterocycles. The minimum absolute atomic E-state index is 0.0136. The molecule has 2 aromatic rings. The lowest BCUT2D eigenvalue weighted by Gasteiger charge is -2.21. The number of hydrogen-bond donors (Lipinski definition) is 0. The van der Waals surface area contributed by atoms with Crippen LogP contribution in [-0.2, 0) is 13.0 Å². The Morgan fingerprint density at radius 2 is 1.90 bits per heavy atom. The summed E-state index contributed by atoms with van der Waals surface area (Å²) in [5, 5.41) is 0.369. The zero-order chi connectivity index (χ0) is 15.2. The second-order valence-electron chi connectivity index (χ2n) is 4.83. The molecule has 0 atom stereocenters. The summed E-state index contributed by atoms with van der Waals surface area (Å²) in [6.07, 6.45) is 0.756. The highest BCUT2D eigenvalue weighted by Gasteiger charge is 2.16. The largest absolute Gasteiger partial charge is 0.335 e. The predicted molar refractivity (Wildman–Crippen MR) is 85.5 cm³/mol. The first-order valence-corrected chi connectivity index (χ1v) is 7.51. The van der Waals surface area contributed by atoms with Gasteiger partial charge in [0.2, 0.25) is 0 Å². The normalized spacial score (nSPS) is 10.4. The van der Waals surface area contributed by atoms with E-state index in [0.29, 0.717) is 23.8 Å². The second-order valence-corrected chi connectivity index (χ2v) is 5.22. The molecule has 0 saturated heterocycles. The maximum absolute atomic E-state index is 12.6. The molecule has 21 heavy (non-hydrogen) atoms. The summed E-state index contributed by atoms with van der Waals surface area (Å²) in [5.74, 6) is -0.0136. The van der Waals surface area contributed by atoms with E-state index in [-0.39, 0.29) is 5.91 Å². The molecule has 4 heteroatoms. The first-order valence-electron chi connectivity index (χ1n) is 7.13. The molecule has 3 nitrogen and oxygen atoms in total. The minimum atomic E-state index is -0.0136. The number of aromatic nitrogens is 1. The van der Waals surface area contributed by atoms with Gasteiger partial charge in [0.05, 0.1) is 0 Å². The Bertz CT molecular complexity index is 613. The lowest BCUT2D eigenvalue weighted by molar-refractivity contribution is 0.0752. The number of nitrogens with zero attached hydrogens (tertiary/aromatic N) is 2. The summed E-state index contributed by atoms with van der Waals surface area (Å²) in [6, 6.07) is 13.4. The monoisotopic (exact) mass is 302 g/mol. The molecule has 2 rings (SSSR count). The van der Waals surface area contributed by atoms with Crippen molar-refractivity contribution in [3.63, 3.8) is 0 Å². The Kier molecular flexibility index (Phi) is 5.34. The van der Waals surface area contributed by atoms with Crippen LogP contribution in [0.4, 0.5) is 0 Å². The van der Waals surface area contributed by atoms with Crippen LogP contribution in [0, 0.1) is 0 Å².